The van der Waals surface area contributed by atoms with E-state index in [2.05, 4.69) is 27.5 Å². The zero-order valence-electron chi connectivity index (χ0n) is 19.3. The van der Waals surface area contributed by atoms with Crippen molar-refractivity contribution in [2.24, 2.45) is 0 Å². The van der Waals surface area contributed by atoms with Crippen LogP contribution in [0.4, 0.5) is 17.1 Å². The van der Waals surface area contributed by atoms with Gasteiger partial charge in [0.15, 0.2) is 0 Å². The van der Waals surface area contributed by atoms with E-state index in [1.807, 2.05) is 25.1 Å². The Morgan fingerprint density at radius 1 is 0.970 bits per heavy atom. The Morgan fingerprint density at radius 3 is 2.33 bits per heavy atom. The summed E-state index contributed by atoms with van der Waals surface area (Å²) in [4.78, 5) is 43.0. The van der Waals surface area contributed by atoms with Crippen LogP contribution < -0.4 is 20.4 Å². The van der Waals surface area contributed by atoms with Gasteiger partial charge < -0.3 is 25.3 Å². The SMILES string of the molecule is Cc1cc(NC(=O)CNC(=O)c2ccc(N3CCCC3=O)cc2)ccc1N1CCN(C)CC1. The lowest BCUT2D eigenvalue weighted by molar-refractivity contribution is -0.117. The average Bonchev–Trinajstić information content (AvgIpc) is 3.24. The highest BCUT2D eigenvalue weighted by atomic mass is 16.2. The molecule has 2 N–H and O–H groups in total. The van der Waals surface area contributed by atoms with Gasteiger partial charge in [-0.15, -0.1) is 0 Å². The highest BCUT2D eigenvalue weighted by Crippen LogP contribution is 2.25. The Kier molecular flexibility index (Phi) is 6.93. The summed E-state index contributed by atoms with van der Waals surface area (Å²) in [7, 11) is 2.13. The standard InChI is InChI=1S/C25H31N5O3/c1-18-16-20(7-10-22(18)29-14-12-28(2)13-15-29)27-23(31)17-26-25(33)19-5-8-21(9-6-19)30-11-3-4-24(30)32/h5-10,16H,3-4,11-15,17H2,1-2H3,(H,26,33)(H,27,31). The third-order valence-corrected chi connectivity index (χ3v) is 6.25. The molecule has 0 aromatic heterocycles. The van der Waals surface area contributed by atoms with Crippen molar-refractivity contribution in [1.29, 1.82) is 0 Å². The largest absolute Gasteiger partial charge is 0.369 e. The molecule has 0 bridgehead atoms. The molecule has 2 aromatic carbocycles. The zero-order valence-corrected chi connectivity index (χ0v) is 19.3. The van der Waals surface area contributed by atoms with Gasteiger partial charge >= 0.3 is 0 Å². The van der Waals surface area contributed by atoms with Crippen LogP contribution in [0.3, 0.4) is 0 Å². The minimum Gasteiger partial charge on any atom is -0.369 e. The molecule has 2 saturated heterocycles. The number of hydrogen-bond acceptors (Lipinski definition) is 5. The molecule has 33 heavy (non-hydrogen) atoms. The van der Waals surface area contributed by atoms with E-state index < -0.39 is 0 Å². The van der Waals surface area contributed by atoms with Crippen LogP contribution in [-0.4, -0.2) is 68.9 Å². The summed E-state index contributed by atoms with van der Waals surface area (Å²) >= 11 is 0. The van der Waals surface area contributed by atoms with E-state index in [1.165, 1.54) is 5.69 Å². The summed E-state index contributed by atoms with van der Waals surface area (Å²) < 4.78 is 0. The molecule has 2 fully saturated rings. The van der Waals surface area contributed by atoms with Crippen molar-refractivity contribution in [3.05, 3.63) is 53.6 Å². The van der Waals surface area contributed by atoms with Crippen molar-refractivity contribution in [2.75, 3.05) is 61.4 Å². The maximum absolute atomic E-state index is 12.4. The Labute approximate surface area is 194 Å². The second kappa shape index (κ2) is 10.0. The first-order chi connectivity index (χ1) is 15.9. The predicted octanol–water partition coefficient (Wildman–Crippen LogP) is 2.24. The Balaban J connectivity index is 1.28. The minimum absolute atomic E-state index is 0.107. The average molecular weight is 450 g/mol. The number of benzene rings is 2. The summed E-state index contributed by atoms with van der Waals surface area (Å²) in [6, 6.07) is 12.8. The van der Waals surface area contributed by atoms with Crippen molar-refractivity contribution in [2.45, 2.75) is 19.8 Å². The molecule has 2 heterocycles. The lowest BCUT2D eigenvalue weighted by Crippen LogP contribution is -2.44. The molecule has 0 radical (unpaired) electrons. The Bertz CT molecular complexity index is 1030. The highest BCUT2D eigenvalue weighted by Gasteiger charge is 2.22. The van der Waals surface area contributed by atoms with Gasteiger partial charge in [0.25, 0.3) is 5.91 Å². The predicted molar refractivity (Wildman–Crippen MR) is 130 cm³/mol. The number of carbonyl (C=O) groups excluding carboxylic acids is 3. The van der Waals surface area contributed by atoms with E-state index in [1.54, 1.807) is 29.2 Å². The number of nitrogens with zero attached hydrogens (tertiary/aromatic N) is 3. The molecule has 0 atom stereocenters. The third kappa shape index (κ3) is 5.51. The summed E-state index contributed by atoms with van der Waals surface area (Å²) in [6.45, 7) is 6.69. The van der Waals surface area contributed by atoms with Crippen molar-refractivity contribution < 1.29 is 14.4 Å². The van der Waals surface area contributed by atoms with Crippen LogP contribution in [0.25, 0.3) is 0 Å². The lowest BCUT2D eigenvalue weighted by atomic mass is 10.1. The fraction of sp³-hybridized carbons (Fsp3) is 0.400. The number of likely N-dealkylation sites (N-methyl/N-ethyl adjacent to an activating group) is 1. The van der Waals surface area contributed by atoms with E-state index >= 15 is 0 Å². The Hall–Kier alpha value is -3.39. The van der Waals surface area contributed by atoms with Crippen LogP contribution in [0, 0.1) is 6.92 Å². The van der Waals surface area contributed by atoms with Gasteiger partial charge in [-0.3, -0.25) is 14.4 Å². The van der Waals surface area contributed by atoms with Gasteiger partial charge in [-0.25, -0.2) is 0 Å². The van der Waals surface area contributed by atoms with Gasteiger partial charge in [-0.1, -0.05) is 0 Å². The number of aryl methyl sites for hydroxylation is 1. The molecule has 2 aliphatic heterocycles. The van der Waals surface area contributed by atoms with Crippen molar-refractivity contribution in [3.8, 4) is 0 Å². The number of hydrogen-bond donors (Lipinski definition) is 2. The van der Waals surface area contributed by atoms with E-state index in [-0.39, 0.29) is 24.3 Å². The van der Waals surface area contributed by atoms with Crippen molar-refractivity contribution in [3.63, 3.8) is 0 Å². The molecule has 4 rings (SSSR count). The molecule has 8 nitrogen and oxygen atoms in total. The second-order valence-corrected chi connectivity index (χ2v) is 8.72. The molecule has 0 aliphatic carbocycles. The van der Waals surface area contributed by atoms with Gasteiger partial charge in [0, 0.05) is 61.8 Å². The quantitative estimate of drug-likeness (QED) is 0.707. The molecule has 2 aliphatic rings. The van der Waals surface area contributed by atoms with Gasteiger partial charge in [0.05, 0.1) is 6.54 Å². The molecule has 174 valence electrons. The van der Waals surface area contributed by atoms with E-state index in [0.29, 0.717) is 24.2 Å². The van der Waals surface area contributed by atoms with Crippen LogP contribution in [-0.2, 0) is 9.59 Å². The maximum Gasteiger partial charge on any atom is 0.251 e. The van der Waals surface area contributed by atoms with E-state index in [9.17, 15) is 14.4 Å². The molecular formula is C25H31N5O3. The maximum atomic E-state index is 12.4. The normalized spacial score (nSPS) is 16.7. The highest BCUT2D eigenvalue weighted by molar-refractivity contribution is 6.00. The molecule has 0 unspecified atom stereocenters. The number of carbonyl (C=O) groups is 3. The third-order valence-electron chi connectivity index (χ3n) is 6.25. The molecule has 8 heteroatoms. The van der Waals surface area contributed by atoms with Crippen LogP contribution in [0.2, 0.25) is 0 Å². The van der Waals surface area contributed by atoms with Crippen LogP contribution >= 0.6 is 0 Å². The van der Waals surface area contributed by atoms with E-state index in [0.717, 1.165) is 43.9 Å². The molecule has 0 saturated carbocycles. The molecular weight excluding hydrogens is 418 g/mol. The number of amides is 3. The van der Waals surface area contributed by atoms with Crippen LogP contribution in [0.5, 0.6) is 0 Å². The van der Waals surface area contributed by atoms with E-state index in [4.69, 9.17) is 0 Å². The van der Waals surface area contributed by atoms with Gasteiger partial charge in [0.2, 0.25) is 11.8 Å². The second-order valence-electron chi connectivity index (χ2n) is 8.72. The minimum atomic E-state index is -0.328. The summed E-state index contributed by atoms with van der Waals surface area (Å²) in [5.74, 6) is -0.504. The van der Waals surface area contributed by atoms with Gasteiger partial charge in [-0.05, 0) is 68.4 Å². The number of anilines is 3. The number of piperazine rings is 1. The van der Waals surface area contributed by atoms with Gasteiger partial charge in [-0.2, -0.15) is 0 Å². The first-order valence-corrected chi connectivity index (χ1v) is 11.4. The first kappa shape index (κ1) is 22.8. The monoisotopic (exact) mass is 449 g/mol. The smallest absolute Gasteiger partial charge is 0.251 e. The topological polar surface area (TPSA) is 85.0 Å². The molecule has 3 amide bonds. The van der Waals surface area contributed by atoms with Gasteiger partial charge in [0.1, 0.15) is 0 Å². The van der Waals surface area contributed by atoms with Crippen LogP contribution in [0.15, 0.2) is 42.5 Å². The summed E-state index contributed by atoms with van der Waals surface area (Å²) in [5.41, 5.74) is 4.25. The van der Waals surface area contributed by atoms with Crippen molar-refractivity contribution in [1.82, 2.24) is 10.2 Å². The van der Waals surface area contributed by atoms with Crippen LogP contribution in [0.1, 0.15) is 28.8 Å². The number of nitrogens with one attached hydrogen (secondary N) is 2. The summed E-state index contributed by atoms with van der Waals surface area (Å²) in [6.07, 6.45) is 1.42. The zero-order chi connectivity index (χ0) is 23.4. The molecule has 2 aromatic rings. The summed E-state index contributed by atoms with van der Waals surface area (Å²) in [5, 5.41) is 5.51. The number of rotatable bonds is 6. The Morgan fingerprint density at radius 2 is 1.70 bits per heavy atom. The first-order valence-electron chi connectivity index (χ1n) is 11.4. The fourth-order valence-corrected chi connectivity index (χ4v) is 4.32. The fourth-order valence-electron chi connectivity index (χ4n) is 4.32. The lowest BCUT2D eigenvalue weighted by Gasteiger charge is -2.35. The molecule has 0 spiro atoms. The van der Waals surface area contributed by atoms with Crippen molar-refractivity contribution >= 4 is 34.8 Å².